The third-order valence-electron chi connectivity index (χ3n) is 5.98. The molecule has 3 rings (SSSR count). The summed E-state index contributed by atoms with van der Waals surface area (Å²) in [4.78, 5) is 2.95. The van der Waals surface area contributed by atoms with Crippen molar-refractivity contribution in [3.63, 3.8) is 0 Å². The van der Waals surface area contributed by atoms with Gasteiger partial charge in [-0.2, -0.15) is 0 Å². The van der Waals surface area contributed by atoms with Crippen LogP contribution >= 0.6 is 0 Å². The van der Waals surface area contributed by atoms with Crippen molar-refractivity contribution in [1.29, 1.82) is 0 Å². The number of likely N-dealkylation sites (tertiary alicyclic amines) is 1. The Morgan fingerprint density at radius 2 is 1.65 bits per heavy atom. The molecule has 3 aliphatic rings. The number of nitrogens with one attached hydrogen (secondary N) is 1. The van der Waals surface area contributed by atoms with Crippen LogP contribution in [0.5, 0.6) is 0 Å². The molecule has 116 valence electrons. The number of rotatable bonds is 3. The Bertz CT molecular complexity index is 318. The molecule has 1 saturated heterocycles. The smallest absolute Gasteiger partial charge is 0.0139 e. The average molecular weight is 278 g/mol. The van der Waals surface area contributed by atoms with E-state index in [4.69, 9.17) is 0 Å². The van der Waals surface area contributed by atoms with Gasteiger partial charge in [-0.15, -0.1) is 0 Å². The van der Waals surface area contributed by atoms with Crippen molar-refractivity contribution in [2.24, 2.45) is 11.8 Å². The second-order valence-corrected chi connectivity index (χ2v) is 8.53. The topological polar surface area (TPSA) is 15.3 Å². The maximum absolute atomic E-state index is 3.74. The predicted molar refractivity (Wildman–Crippen MR) is 86.0 cm³/mol. The predicted octanol–water partition coefficient (Wildman–Crippen LogP) is 3.81. The normalized spacial score (nSPS) is 39.1. The van der Waals surface area contributed by atoms with Gasteiger partial charge in [0.2, 0.25) is 0 Å². The van der Waals surface area contributed by atoms with E-state index in [9.17, 15) is 0 Å². The van der Waals surface area contributed by atoms with Crippen LogP contribution in [0.3, 0.4) is 0 Å². The van der Waals surface area contributed by atoms with Crippen molar-refractivity contribution in [3.05, 3.63) is 0 Å². The molecule has 2 heteroatoms. The van der Waals surface area contributed by atoms with Gasteiger partial charge in [0.1, 0.15) is 0 Å². The minimum absolute atomic E-state index is 0.273. The molecule has 0 aromatic carbocycles. The van der Waals surface area contributed by atoms with Crippen LogP contribution in [-0.4, -0.2) is 35.6 Å². The summed E-state index contributed by atoms with van der Waals surface area (Å²) in [5.74, 6) is 1.95. The van der Waals surface area contributed by atoms with Crippen LogP contribution in [-0.2, 0) is 0 Å². The van der Waals surface area contributed by atoms with E-state index in [-0.39, 0.29) is 5.54 Å². The van der Waals surface area contributed by atoms with Crippen molar-refractivity contribution < 1.29 is 0 Å². The average Bonchev–Trinajstić information content (AvgIpc) is 2.37. The lowest BCUT2D eigenvalue weighted by molar-refractivity contribution is -0.0329. The third-order valence-corrected chi connectivity index (χ3v) is 5.98. The van der Waals surface area contributed by atoms with E-state index in [2.05, 4.69) is 31.0 Å². The molecule has 3 fully saturated rings. The lowest BCUT2D eigenvalue weighted by Gasteiger charge is -2.53. The van der Waals surface area contributed by atoms with E-state index in [1.54, 1.807) is 0 Å². The van der Waals surface area contributed by atoms with Crippen LogP contribution in [0.15, 0.2) is 0 Å². The summed E-state index contributed by atoms with van der Waals surface area (Å²) in [6, 6.07) is 1.84. The van der Waals surface area contributed by atoms with Gasteiger partial charge in [0.05, 0.1) is 0 Å². The summed E-state index contributed by atoms with van der Waals surface area (Å²) >= 11 is 0. The zero-order valence-electron chi connectivity index (χ0n) is 13.8. The monoisotopic (exact) mass is 278 g/mol. The highest BCUT2D eigenvalue weighted by Gasteiger charge is 2.42. The first-order valence-corrected chi connectivity index (χ1v) is 9.05. The minimum atomic E-state index is 0.273. The fraction of sp³-hybridized carbons (Fsp3) is 1.00. The Morgan fingerprint density at radius 3 is 2.35 bits per heavy atom. The summed E-state index contributed by atoms with van der Waals surface area (Å²) in [5, 5.41) is 3.74. The van der Waals surface area contributed by atoms with Crippen LogP contribution in [0.25, 0.3) is 0 Å². The zero-order chi connectivity index (χ0) is 14.2. The molecular formula is C18H34N2. The molecule has 2 nitrogen and oxygen atoms in total. The van der Waals surface area contributed by atoms with Crippen LogP contribution in [0.2, 0.25) is 0 Å². The fourth-order valence-corrected chi connectivity index (χ4v) is 4.74. The summed E-state index contributed by atoms with van der Waals surface area (Å²) in [6.45, 7) is 9.48. The third kappa shape index (κ3) is 3.22. The molecular weight excluding hydrogens is 244 g/mol. The Hall–Kier alpha value is -0.0800. The molecule has 2 unspecified atom stereocenters. The summed E-state index contributed by atoms with van der Waals surface area (Å²) < 4.78 is 0. The van der Waals surface area contributed by atoms with Crippen LogP contribution in [0.1, 0.15) is 72.1 Å². The van der Waals surface area contributed by atoms with E-state index in [0.717, 1.165) is 23.9 Å². The highest BCUT2D eigenvalue weighted by atomic mass is 15.2. The summed E-state index contributed by atoms with van der Waals surface area (Å²) in [7, 11) is 0. The van der Waals surface area contributed by atoms with Gasteiger partial charge >= 0.3 is 0 Å². The van der Waals surface area contributed by atoms with E-state index < -0.39 is 0 Å². The molecule has 0 aromatic heterocycles. The van der Waals surface area contributed by atoms with E-state index in [1.807, 2.05) is 0 Å². The molecule has 0 amide bonds. The van der Waals surface area contributed by atoms with Gasteiger partial charge in [0.15, 0.2) is 0 Å². The molecule has 2 aliphatic carbocycles. The Balaban J connectivity index is 1.57. The number of hydrogen-bond donors (Lipinski definition) is 1. The van der Waals surface area contributed by atoms with Gasteiger partial charge in [0, 0.05) is 17.6 Å². The molecule has 0 aromatic rings. The largest absolute Gasteiger partial charge is 0.312 e. The Kier molecular flexibility index (Phi) is 4.42. The van der Waals surface area contributed by atoms with Crippen LogP contribution in [0.4, 0.5) is 0 Å². The standard InChI is InChI=1S/C18H34N2/c1-18(2,3)19-13-15-10-11-17(15)20-12-6-8-14-7-4-5-9-16(14)20/h14-17,19H,4-13H2,1-3H3/t14-,15?,16-,17?/m1/s1. The fourth-order valence-electron chi connectivity index (χ4n) is 4.74. The van der Waals surface area contributed by atoms with Gasteiger partial charge in [0.25, 0.3) is 0 Å². The second kappa shape index (κ2) is 5.96. The van der Waals surface area contributed by atoms with Gasteiger partial charge in [-0.1, -0.05) is 12.8 Å². The van der Waals surface area contributed by atoms with E-state index in [0.29, 0.717) is 0 Å². The maximum atomic E-state index is 3.74. The summed E-state index contributed by atoms with van der Waals surface area (Å²) in [5.41, 5.74) is 0.273. The van der Waals surface area contributed by atoms with Crippen molar-refractivity contribution >= 4 is 0 Å². The number of piperidine rings is 1. The molecule has 1 heterocycles. The molecule has 20 heavy (non-hydrogen) atoms. The zero-order valence-corrected chi connectivity index (χ0v) is 13.8. The first kappa shape index (κ1) is 14.8. The second-order valence-electron chi connectivity index (χ2n) is 8.53. The number of nitrogens with zero attached hydrogens (tertiary/aromatic N) is 1. The number of hydrogen-bond acceptors (Lipinski definition) is 2. The molecule has 1 N–H and O–H groups in total. The highest BCUT2D eigenvalue weighted by molar-refractivity contribution is 4.97. The summed E-state index contributed by atoms with van der Waals surface area (Å²) in [6.07, 6.45) is 11.8. The quantitative estimate of drug-likeness (QED) is 0.844. The maximum Gasteiger partial charge on any atom is 0.0139 e. The highest BCUT2D eigenvalue weighted by Crippen LogP contribution is 2.41. The van der Waals surface area contributed by atoms with Gasteiger partial charge in [-0.3, -0.25) is 4.90 Å². The Morgan fingerprint density at radius 1 is 0.900 bits per heavy atom. The van der Waals surface area contributed by atoms with Crippen LogP contribution in [0, 0.1) is 11.8 Å². The van der Waals surface area contributed by atoms with Gasteiger partial charge < -0.3 is 5.32 Å². The SMILES string of the molecule is CC(C)(C)NCC1CCC1N1CCC[C@H]2CCCC[C@H]21. The molecule has 0 spiro atoms. The lowest BCUT2D eigenvalue weighted by atomic mass is 9.72. The molecule has 0 bridgehead atoms. The van der Waals surface area contributed by atoms with E-state index in [1.165, 1.54) is 64.5 Å². The molecule has 0 radical (unpaired) electrons. The number of fused-ring (bicyclic) bond motifs is 1. The minimum Gasteiger partial charge on any atom is -0.312 e. The van der Waals surface area contributed by atoms with Crippen molar-refractivity contribution in [3.8, 4) is 0 Å². The van der Waals surface area contributed by atoms with E-state index >= 15 is 0 Å². The van der Waals surface area contributed by atoms with Gasteiger partial charge in [-0.25, -0.2) is 0 Å². The van der Waals surface area contributed by atoms with Crippen LogP contribution < -0.4 is 5.32 Å². The molecule has 4 atom stereocenters. The van der Waals surface area contributed by atoms with Crippen molar-refractivity contribution in [2.45, 2.75) is 89.8 Å². The van der Waals surface area contributed by atoms with Crippen molar-refractivity contribution in [1.82, 2.24) is 10.2 Å². The Labute approximate surface area is 125 Å². The first-order valence-electron chi connectivity index (χ1n) is 9.05. The lowest BCUT2D eigenvalue weighted by Crippen LogP contribution is -2.59. The molecule has 1 aliphatic heterocycles. The first-order chi connectivity index (χ1) is 9.54. The van der Waals surface area contributed by atoms with Crippen molar-refractivity contribution in [2.75, 3.05) is 13.1 Å². The van der Waals surface area contributed by atoms with Gasteiger partial charge in [-0.05, 0) is 84.2 Å². The molecule has 2 saturated carbocycles.